The molecular formula is C11H10INO. The summed E-state index contributed by atoms with van der Waals surface area (Å²) in [5, 5.41) is 3.31. The van der Waals surface area contributed by atoms with Crippen molar-refractivity contribution < 1.29 is 4.42 Å². The van der Waals surface area contributed by atoms with Crippen molar-refractivity contribution in [1.29, 1.82) is 0 Å². The first kappa shape index (κ1) is 9.58. The largest absolute Gasteiger partial charge is 0.472 e. The fourth-order valence-corrected chi connectivity index (χ4v) is 1.52. The summed E-state index contributed by atoms with van der Waals surface area (Å²) in [6.45, 7) is 0.803. The summed E-state index contributed by atoms with van der Waals surface area (Å²) in [6.07, 6.45) is 3.44. The lowest BCUT2D eigenvalue weighted by Crippen LogP contribution is -1.97. The molecule has 3 heteroatoms. The van der Waals surface area contributed by atoms with Gasteiger partial charge in [-0.3, -0.25) is 0 Å². The maximum Gasteiger partial charge on any atom is 0.0952 e. The first-order valence-electron chi connectivity index (χ1n) is 4.35. The maximum atomic E-state index is 4.98. The molecule has 0 saturated heterocycles. The molecule has 0 saturated carbocycles. The van der Waals surface area contributed by atoms with Gasteiger partial charge < -0.3 is 9.73 Å². The van der Waals surface area contributed by atoms with Crippen LogP contribution in [0.5, 0.6) is 0 Å². The summed E-state index contributed by atoms with van der Waals surface area (Å²) in [6, 6.07) is 10.3. The van der Waals surface area contributed by atoms with E-state index in [2.05, 4.69) is 52.2 Å². The molecule has 0 amide bonds. The van der Waals surface area contributed by atoms with Gasteiger partial charge in [-0.15, -0.1) is 0 Å². The van der Waals surface area contributed by atoms with Gasteiger partial charge in [0.05, 0.1) is 12.5 Å². The topological polar surface area (TPSA) is 25.2 Å². The molecule has 0 spiro atoms. The molecule has 14 heavy (non-hydrogen) atoms. The minimum absolute atomic E-state index is 0.803. The number of hydrogen-bond donors (Lipinski definition) is 1. The smallest absolute Gasteiger partial charge is 0.0952 e. The Hall–Kier alpha value is -0.970. The number of nitrogens with one attached hydrogen (secondary N) is 1. The van der Waals surface area contributed by atoms with Crippen LogP contribution >= 0.6 is 22.6 Å². The van der Waals surface area contributed by atoms with Crippen molar-refractivity contribution >= 4 is 28.3 Å². The molecule has 0 aliphatic heterocycles. The third-order valence-electron chi connectivity index (χ3n) is 1.92. The van der Waals surface area contributed by atoms with E-state index < -0.39 is 0 Å². The van der Waals surface area contributed by atoms with Gasteiger partial charge >= 0.3 is 0 Å². The Bertz CT molecular complexity index is 380. The average Bonchev–Trinajstić information content (AvgIpc) is 2.70. The lowest BCUT2D eigenvalue weighted by atomic mass is 10.3. The second kappa shape index (κ2) is 4.50. The van der Waals surface area contributed by atoms with Crippen molar-refractivity contribution in [2.75, 3.05) is 5.32 Å². The Balaban J connectivity index is 1.95. The van der Waals surface area contributed by atoms with Crippen LogP contribution in [0.15, 0.2) is 47.3 Å². The zero-order valence-corrected chi connectivity index (χ0v) is 9.69. The van der Waals surface area contributed by atoms with Crippen molar-refractivity contribution in [2.24, 2.45) is 0 Å². The van der Waals surface area contributed by atoms with Crippen molar-refractivity contribution in [2.45, 2.75) is 6.54 Å². The summed E-state index contributed by atoms with van der Waals surface area (Å²) < 4.78 is 6.23. The van der Waals surface area contributed by atoms with E-state index in [1.807, 2.05) is 6.07 Å². The molecule has 0 bridgehead atoms. The highest BCUT2D eigenvalue weighted by atomic mass is 127. The summed E-state index contributed by atoms with van der Waals surface area (Å²) in [7, 11) is 0. The molecule has 0 radical (unpaired) electrons. The van der Waals surface area contributed by atoms with Crippen LogP contribution in [-0.4, -0.2) is 0 Å². The van der Waals surface area contributed by atoms with E-state index in [9.17, 15) is 0 Å². The fraction of sp³-hybridized carbons (Fsp3) is 0.0909. The molecule has 0 atom stereocenters. The molecule has 2 aromatic rings. The monoisotopic (exact) mass is 299 g/mol. The van der Waals surface area contributed by atoms with Crippen molar-refractivity contribution in [3.05, 3.63) is 52.0 Å². The number of halogens is 1. The molecule has 1 aromatic carbocycles. The maximum absolute atomic E-state index is 4.98. The number of hydrogen-bond acceptors (Lipinski definition) is 2. The van der Waals surface area contributed by atoms with Gasteiger partial charge in [-0.25, -0.2) is 0 Å². The Morgan fingerprint density at radius 1 is 1.14 bits per heavy atom. The van der Waals surface area contributed by atoms with E-state index >= 15 is 0 Å². The normalized spacial score (nSPS) is 10.1. The second-order valence-electron chi connectivity index (χ2n) is 2.99. The van der Waals surface area contributed by atoms with Crippen LogP contribution < -0.4 is 5.32 Å². The summed E-state index contributed by atoms with van der Waals surface area (Å²) in [4.78, 5) is 0. The first-order valence-corrected chi connectivity index (χ1v) is 5.43. The number of furan rings is 1. The third-order valence-corrected chi connectivity index (χ3v) is 2.64. The Kier molecular flexibility index (Phi) is 3.08. The molecule has 0 aliphatic carbocycles. The molecule has 0 fully saturated rings. The molecule has 1 heterocycles. The second-order valence-corrected chi connectivity index (χ2v) is 4.24. The van der Waals surface area contributed by atoms with Gasteiger partial charge in [0, 0.05) is 21.4 Å². The van der Waals surface area contributed by atoms with Crippen molar-refractivity contribution in [3.8, 4) is 0 Å². The molecule has 1 N–H and O–H groups in total. The van der Waals surface area contributed by atoms with Crippen molar-refractivity contribution in [1.82, 2.24) is 0 Å². The molecule has 2 nitrogen and oxygen atoms in total. The zero-order chi connectivity index (χ0) is 9.80. The van der Waals surface area contributed by atoms with Crippen LogP contribution in [0.2, 0.25) is 0 Å². The SMILES string of the molecule is Ic1ccc(NCc2ccoc2)cc1. The number of benzene rings is 1. The third kappa shape index (κ3) is 2.51. The predicted octanol–water partition coefficient (Wildman–Crippen LogP) is 3.50. The van der Waals surface area contributed by atoms with Gasteiger partial charge in [-0.1, -0.05) is 0 Å². The summed E-state index contributed by atoms with van der Waals surface area (Å²) in [5.41, 5.74) is 2.29. The predicted molar refractivity (Wildman–Crippen MR) is 65.2 cm³/mol. The Morgan fingerprint density at radius 3 is 2.57 bits per heavy atom. The van der Waals surface area contributed by atoms with Gasteiger partial charge in [0.1, 0.15) is 0 Å². The van der Waals surface area contributed by atoms with Gasteiger partial charge in [-0.05, 0) is 52.9 Å². The molecule has 0 aliphatic rings. The minimum Gasteiger partial charge on any atom is -0.472 e. The van der Waals surface area contributed by atoms with E-state index in [1.54, 1.807) is 12.5 Å². The molecule has 0 unspecified atom stereocenters. The van der Waals surface area contributed by atoms with E-state index in [4.69, 9.17) is 4.42 Å². The van der Waals surface area contributed by atoms with Crippen LogP contribution in [0, 0.1) is 3.57 Å². The lowest BCUT2D eigenvalue weighted by Gasteiger charge is -2.03. The molecule has 72 valence electrons. The Morgan fingerprint density at radius 2 is 1.93 bits per heavy atom. The van der Waals surface area contributed by atoms with E-state index in [1.165, 1.54) is 3.57 Å². The highest BCUT2D eigenvalue weighted by Crippen LogP contribution is 2.12. The molecule has 2 rings (SSSR count). The Labute approximate surface area is 96.5 Å². The molecule has 1 aromatic heterocycles. The van der Waals surface area contributed by atoms with Crippen LogP contribution in [0.1, 0.15) is 5.56 Å². The minimum atomic E-state index is 0.803. The highest BCUT2D eigenvalue weighted by Gasteiger charge is 1.94. The zero-order valence-electron chi connectivity index (χ0n) is 7.53. The van der Waals surface area contributed by atoms with Crippen LogP contribution in [0.4, 0.5) is 5.69 Å². The fourth-order valence-electron chi connectivity index (χ4n) is 1.17. The van der Waals surface area contributed by atoms with E-state index in [-0.39, 0.29) is 0 Å². The quantitative estimate of drug-likeness (QED) is 0.878. The van der Waals surface area contributed by atoms with Gasteiger partial charge in [0.2, 0.25) is 0 Å². The average molecular weight is 299 g/mol. The van der Waals surface area contributed by atoms with Gasteiger partial charge in [0.15, 0.2) is 0 Å². The number of rotatable bonds is 3. The van der Waals surface area contributed by atoms with E-state index in [0.717, 1.165) is 17.8 Å². The van der Waals surface area contributed by atoms with Crippen LogP contribution in [0.3, 0.4) is 0 Å². The lowest BCUT2D eigenvalue weighted by molar-refractivity contribution is 0.564. The number of anilines is 1. The standard InChI is InChI=1S/C11H10INO/c12-10-1-3-11(4-2-10)13-7-9-5-6-14-8-9/h1-6,8,13H,7H2. The van der Waals surface area contributed by atoms with Crippen molar-refractivity contribution in [3.63, 3.8) is 0 Å². The molecular weight excluding hydrogens is 289 g/mol. The summed E-state index contributed by atoms with van der Waals surface area (Å²) >= 11 is 2.29. The first-order chi connectivity index (χ1) is 6.84. The highest BCUT2D eigenvalue weighted by molar-refractivity contribution is 14.1. The van der Waals surface area contributed by atoms with Crippen LogP contribution in [0.25, 0.3) is 0 Å². The van der Waals surface area contributed by atoms with Crippen LogP contribution in [-0.2, 0) is 6.54 Å². The van der Waals surface area contributed by atoms with Gasteiger partial charge in [-0.2, -0.15) is 0 Å². The summed E-state index contributed by atoms with van der Waals surface area (Å²) in [5.74, 6) is 0. The van der Waals surface area contributed by atoms with Gasteiger partial charge in [0.25, 0.3) is 0 Å². The van der Waals surface area contributed by atoms with E-state index in [0.29, 0.717) is 0 Å².